The van der Waals surface area contributed by atoms with Crippen LogP contribution >= 0.6 is 0 Å². The Morgan fingerprint density at radius 3 is 2.35 bits per heavy atom. The van der Waals surface area contributed by atoms with Crippen molar-refractivity contribution in [2.75, 3.05) is 14.2 Å². The van der Waals surface area contributed by atoms with Gasteiger partial charge in [0, 0.05) is 5.56 Å². The third-order valence-corrected chi connectivity index (χ3v) is 4.41. The van der Waals surface area contributed by atoms with Crippen molar-refractivity contribution in [3.05, 3.63) is 59.3 Å². The molecular weight excluding hydrogens is 326 g/mol. The van der Waals surface area contributed by atoms with Crippen LogP contribution in [0.1, 0.15) is 42.5 Å². The fourth-order valence-electron chi connectivity index (χ4n) is 3.23. The van der Waals surface area contributed by atoms with E-state index in [9.17, 15) is 5.26 Å². The van der Waals surface area contributed by atoms with E-state index in [-0.39, 0.29) is 11.9 Å². The molecule has 3 aromatic rings. The number of nitrogens with zero attached hydrogens (tertiary/aromatic N) is 3. The van der Waals surface area contributed by atoms with E-state index in [0.717, 1.165) is 21.9 Å². The maximum absolute atomic E-state index is 10.0. The number of ether oxygens (including phenoxy) is 2. The van der Waals surface area contributed by atoms with Crippen molar-refractivity contribution < 1.29 is 9.47 Å². The molecule has 0 amide bonds. The third kappa shape index (κ3) is 3.06. The highest BCUT2D eigenvalue weighted by Gasteiger charge is 2.27. The van der Waals surface area contributed by atoms with E-state index >= 15 is 0 Å². The van der Waals surface area contributed by atoms with E-state index in [0.29, 0.717) is 11.6 Å². The van der Waals surface area contributed by atoms with Crippen molar-refractivity contribution in [1.29, 1.82) is 5.26 Å². The summed E-state index contributed by atoms with van der Waals surface area (Å²) in [5, 5.41) is 12.2. The monoisotopic (exact) mass is 347 g/mol. The quantitative estimate of drug-likeness (QED) is 0.683. The highest BCUT2D eigenvalue weighted by atomic mass is 16.5. The molecule has 5 heteroatoms. The van der Waals surface area contributed by atoms with Gasteiger partial charge in [0.1, 0.15) is 5.92 Å². The van der Waals surface area contributed by atoms with Gasteiger partial charge < -0.3 is 9.47 Å². The molecule has 0 N–H and O–H groups in total. The molecule has 0 spiro atoms. The lowest BCUT2D eigenvalue weighted by atomic mass is 9.87. The summed E-state index contributed by atoms with van der Waals surface area (Å²) >= 11 is 0. The number of nitriles is 1. The molecule has 1 unspecified atom stereocenters. The van der Waals surface area contributed by atoms with Crippen LogP contribution in [-0.2, 0) is 0 Å². The zero-order valence-electron chi connectivity index (χ0n) is 15.4. The predicted octanol–water partition coefficient (Wildman–Crippen LogP) is 4.43. The molecule has 3 rings (SSSR count). The summed E-state index contributed by atoms with van der Waals surface area (Å²) in [4.78, 5) is 8.84. The topological polar surface area (TPSA) is 68.0 Å². The lowest BCUT2D eigenvalue weighted by Crippen LogP contribution is -2.12. The highest BCUT2D eigenvalue weighted by Crippen LogP contribution is 2.37. The van der Waals surface area contributed by atoms with Crippen molar-refractivity contribution in [3.8, 4) is 18.0 Å². The molecular formula is C21H21N3O2. The zero-order chi connectivity index (χ0) is 18.7. The molecule has 1 heterocycles. The first-order valence-electron chi connectivity index (χ1n) is 8.47. The minimum Gasteiger partial charge on any atom is -0.481 e. The standard InChI is InChI=1S/C21H21N3O2/c1-13(2)18-19(23-21(26-4)24-20(18)25-3)17(12-22)16-11-7-9-14-8-5-6-10-15(14)16/h5-11,13,17H,1-4H3. The summed E-state index contributed by atoms with van der Waals surface area (Å²) in [7, 11) is 3.07. The summed E-state index contributed by atoms with van der Waals surface area (Å²) in [6, 6.07) is 16.6. The SMILES string of the molecule is COc1nc(OC)c(C(C)C)c(C(C#N)c2cccc3ccccc23)n1. The fraction of sp³-hybridized carbons (Fsp3) is 0.286. The van der Waals surface area contributed by atoms with Gasteiger partial charge in [-0.05, 0) is 22.3 Å². The van der Waals surface area contributed by atoms with E-state index in [1.165, 1.54) is 7.11 Å². The molecule has 0 saturated carbocycles. The Hall–Kier alpha value is -3.13. The Labute approximate surface area is 153 Å². The second kappa shape index (κ2) is 7.40. The maximum Gasteiger partial charge on any atom is 0.319 e. The van der Waals surface area contributed by atoms with Gasteiger partial charge in [-0.3, -0.25) is 0 Å². The Morgan fingerprint density at radius 2 is 1.69 bits per heavy atom. The molecule has 0 radical (unpaired) electrons. The fourth-order valence-corrected chi connectivity index (χ4v) is 3.23. The van der Waals surface area contributed by atoms with E-state index in [4.69, 9.17) is 9.47 Å². The van der Waals surface area contributed by atoms with Gasteiger partial charge in [-0.2, -0.15) is 15.2 Å². The van der Waals surface area contributed by atoms with Gasteiger partial charge in [0.2, 0.25) is 5.88 Å². The molecule has 0 saturated heterocycles. The minimum absolute atomic E-state index is 0.0942. The smallest absolute Gasteiger partial charge is 0.319 e. The number of methoxy groups -OCH3 is 2. The number of hydrogen-bond acceptors (Lipinski definition) is 5. The summed E-state index contributed by atoms with van der Waals surface area (Å²) in [5.41, 5.74) is 2.37. The minimum atomic E-state index is -0.552. The van der Waals surface area contributed by atoms with Crippen LogP contribution in [0.25, 0.3) is 10.8 Å². The van der Waals surface area contributed by atoms with Crippen LogP contribution in [-0.4, -0.2) is 24.2 Å². The first kappa shape index (κ1) is 17.7. The number of aromatic nitrogens is 2. The molecule has 132 valence electrons. The predicted molar refractivity (Wildman–Crippen MR) is 101 cm³/mol. The second-order valence-electron chi connectivity index (χ2n) is 6.30. The van der Waals surface area contributed by atoms with Crippen molar-refractivity contribution in [2.24, 2.45) is 0 Å². The zero-order valence-corrected chi connectivity index (χ0v) is 15.4. The molecule has 0 aliphatic carbocycles. The van der Waals surface area contributed by atoms with Crippen LogP contribution in [0.15, 0.2) is 42.5 Å². The Kier molecular flexibility index (Phi) is 5.04. The average molecular weight is 347 g/mol. The normalized spacial score (nSPS) is 12.0. The first-order valence-corrected chi connectivity index (χ1v) is 8.47. The molecule has 0 fully saturated rings. The summed E-state index contributed by atoms with van der Waals surface area (Å²) < 4.78 is 10.7. The van der Waals surface area contributed by atoms with Crippen molar-refractivity contribution in [3.63, 3.8) is 0 Å². The average Bonchev–Trinajstić information content (AvgIpc) is 2.67. The van der Waals surface area contributed by atoms with Crippen LogP contribution in [0, 0.1) is 11.3 Å². The van der Waals surface area contributed by atoms with Gasteiger partial charge in [0.05, 0.1) is 26.0 Å². The Morgan fingerprint density at radius 1 is 0.962 bits per heavy atom. The molecule has 2 aromatic carbocycles. The third-order valence-electron chi connectivity index (χ3n) is 4.41. The van der Waals surface area contributed by atoms with Crippen LogP contribution in [0.4, 0.5) is 0 Å². The number of fused-ring (bicyclic) bond motifs is 1. The van der Waals surface area contributed by atoms with Crippen molar-refractivity contribution >= 4 is 10.8 Å². The summed E-state index contributed by atoms with van der Waals surface area (Å²) in [5.74, 6) is -0.0108. The van der Waals surface area contributed by atoms with Crippen LogP contribution in [0.5, 0.6) is 11.9 Å². The van der Waals surface area contributed by atoms with Gasteiger partial charge in [0.15, 0.2) is 0 Å². The van der Waals surface area contributed by atoms with Gasteiger partial charge in [0.25, 0.3) is 0 Å². The molecule has 0 bridgehead atoms. The van der Waals surface area contributed by atoms with E-state index in [2.05, 4.69) is 16.0 Å². The van der Waals surface area contributed by atoms with Gasteiger partial charge in [-0.25, -0.2) is 0 Å². The van der Waals surface area contributed by atoms with Gasteiger partial charge in [-0.1, -0.05) is 56.3 Å². The number of hydrogen-bond donors (Lipinski definition) is 0. The van der Waals surface area contributed by atoms with E-state index < -0.39 is 5.92 Å². The molecule has 26 heavy (non-hydrogen) atoms. The lowest BCUT2D eigenvalue weighted by molar-refractivity contribution is 0.345. The van der Waals surface area contributed by atoms with Gasteiger partial charge >= 0.3 is 6.01 Å². The van der Waals surface area contributed by atoms with Crippen molar-refractivity contribution in [2.45, 2.75) is 25.7 Å². The molecule has 1 atom stereocenters. The lowest BCUT2D eigenvalue weighted by Gasteiger charge is -2.20. The first-order chi connectivity index (χ1) is 12.6. The summed E-state index contributed by atoms with van der Waals surface area (Å²) in [6.45, 7) is 4.07. The molecule has 0 aliphatic rings. The van der Waals surface area contributed by atoms with Crippen LogP contribution < -0.4 is 9.47 Å². The maximum atomic E-state index is 10.0. The second-order valence-corrected chi connectivity index (χ2v) is 6.30. The van der Waals surface area contributed by atoms with E-state index in [1.807, 2.05) is 56.3 Å². The van der Waals surface area contributed by atoms with Gasteiger partial charge in [-0.15, -0.1) is 0 Å². The highest BCUT2D eigenvalue weighted by molar-refractivity contribution is 5.87. The van der Waals surface area contributed by atoms with Crippen LogP contribution in [0.2, 0.25) is 0 Å². The summed E-state index contributed by atoms with van der Waals surface area (Å²) in [6.07, 6.45) is 0. The largest absolute Gasteiger partial charge is 0.481 e. The van der Waals surface area contributed by atoms with E-state index in [1.54, 1.807) is 7.11 Å². The molecule has 5 nitrogen and oxygen atoms in total. The van der Waals surface area contributed by atoms with Crippen molar-refractivity contribution in [1.82, 2.24) is 9.97 Å². The van der Waals surface area contributed by atoms with Crippen LogP contribution in [0.3, 0.4) is 0 Å². The Bertz CT molecular complexity index is 971. The Balaban J connectivity index is 2.30. The number of rotatable bonds is 5. The number of benzene rings is 2. The molecule has 1 aromatic heterocycles. The molecule has 0 aliphatic heterocycles.